The second kappa shape index (κ2) is 7.19. The monoisotopic (exact) mass is 379 g/mol. The molecule has 0 saturated carbocycles. The van der Waals surface area contributed by atoms with Crippen molar-refractivity contribution in [3.05, 3.63) is 89.4 Å². The van der Waals surface area contributed by atoms with Crippen molar-refractivity contribution in [3.63, 3.8) is 0 Å². The zero-order valence-electron chi connectivity index (χ0n) is 15.8. The van der Waals surface area contributed by atoms with E-state index in [4.69, 9.17) is 9.40 Å². The molecule has 1 aliphatic carbocycles. The maximum Gasteiger partial charge on any atom is 0.181 e. The fourth-order valence-corrected chi connectivity index (χ4v) is 3.34. The topological polar surface area (TPSA) is 80.5 Å². The summed E-state index contributed by atoms with van der Waals surface area (Å²) in [5.41, 5.74) is 8.39. The molecular formula is C23H17N5O. The van der Waals surface area contributed by atoms with Gasteiger partial charge in [0.05, 0.1) is 22.9 Å². The standard InChI is InChI=1S/C23H17N5O/c1-15-6-5-9-20(26-15)23-18(12-25-28-23)19-11-10-16-7-3-2-4-8-17(22(16)27-19)21-13-24-14-29-21/h3-6,8-14H,2H2,1H3,(H,25,28)/b8-4-,22-17-. The first-order valence-electron chi connectivity index (χ1n) is 9.30. The van der Waals surface area contributed by atoms with Crippen molar-refractivity contribution in [2.45, 2.75) is 13.3 Å². The van der Waals surface area contributed by atoms with Gasteiger partial charge in [0.15, 0.2) is 12.2 Å². The highest BCUT2D eigenvalue weighted by atomic mass is 16.3. The first-order valence-corrected chi connectivity index (χ1v) is 9.30. The van der Waals surface area contributed by atoms with Crippen LogP contribution in [0.25, 0.3) is 33.9 Å². The fraction of sp³-hybridized carbons (Fsp3) is 0.0870. The first kappa shape index (κ1) is 17.1. The van der Waals surface area contributed by atoms with Crippen molar-refractivity contribution < 1.29 is 4.42 Å². The number of hydrogen-bond acceptors (Lipinski definition) is 5. The van der Waals surface area contributed by atoms with Crippen LogP contribution >= 0.6 is 0 Å². The predicted octanol–water partition coefficient (Wildman–Crippen LogP) is 2.92. The zero-order chi connectivity index (χ0) is 19.6. The van der Waals surface area contributed by atoms with Crippen LogP contribution in [0, 0.1) is 6.92 Å². The maximum absolute atomic E-state index is 5.56. The Bertz CT molecular complexity index is 1370. The molecule has 1 aliphatic rings. The minimum absolute atomic E-state index is 0.670. The fourth-order valence-electron chi connectivity index (χ4n) is 3.34. The van der Waals surface area contributed by atoms with Gasteiger partial charge < -0.3 is 4.42 Å². The molecule has 4 aromatic rings. The molecule has 4 heterocycles. The van der Waals surface area contributed by atoms with Crippen LogP contribution in [-0.2, 0) is 0 Å². The van der Waals surface area contributed by atoms with E-state index in [1.807, 2.05) is 55.6 Å². The number of pyridine rings is 2. The summed E-state index contributed by atoms with van der Waals surface area (Å²) in [4.78, 5) is 13.6. The molecule has 6 heteroatoms. The molecule has 29 heavy (non-hydrogen) atoms. The van der Waals surface area contributed by atoms with Gasteiger partial charge in [-0.05, 0) is 43.7 Å². The molecule has 0 aliphatic heterocycles. The summed E-state index contributed by atoms with van der Waals surface area (Å²) in [6.45, 7) is 1.96. The highest BCUT2D eigenvalue weighted by Gasteiger charge is 2.14. The van der Waals surface area contributed by atoms with Gasteiger partial charge in [-0.15, -0.1) is 5.73 Å². The Balaban J connectivity index is 1.76. The largest absolute Gasteiger partial charge is 0.443 e. The van der Waals surface area contributed by atoms with E-state index in [0.717, 1.165) is 50.9 Å². The second-order valence-electron chi connectivity index (χ2n) is 6.67. The maximum atomic E-state index is 5.56. The third kappa shape index (κ3) is 3.22. The number of nitrogens with one attached hydrogen (secondary N) is 1. The summed E-state index contributed by atoms with van der Waals surface area (Å²) in [5, 5.41) is 9.07. The number of aryl methyl sites for hydroxylation is 1. The van der Waals surface area contributed by atoms with Gasteiger partial charge in [0.2, 0.25) is 0 Å². The van der Waals surface area contributed by atoms with Crippen LogP contribution in [0.2, 0.25) is 0 Å². The van der Waals surface area contributed by atoms with Crippen LogP contribution < -0.4 is 10.6 Å². The molecule has 4 aromatic heterocycles. The van der Waals surface area contributed by atoms with E-state index in [2.05, 4.69) is 32.0 Å². The van der Waals surface area contributed by atoms with E-state index in [0.29, 0.717) is 5.76 Å². The quantitative estimate of drug-likeness (QED) is 0.592. The Hall–Kier alpha value is -4.02. The van der Waals surface area contributed by atoms with Gasteiger partial charge in [-0.1, -0.05) is 18.2 Å². The number of aromatic nitrogens is 5. The van der Waals surface area contributed by atoms with E-state index in [1.165, 1.54) is 6.39 Å². The number of fused-ring (bicyclic) bond motifs is 1. The van der Waals surface area contributed by atoms with Crippen molar-refractivity contribution >= 4 is 11.3 Å². The SMILES string of the molecule is Cc1cccc(-c2n[nH]cc2-c2ccc3/c(n2)=C(c2cnco2)\C=C/CC=C=3)n1. The molecule has 0 amide bonds. The molecule has 0 unspecified atom stereocenters. The number of nitrogens with zero attached hydrogens (tertiary/aromatic N) is 4. The lowest BCUT2D eigenvalue weighted by Gasteiger charge is -2.05. The summed E-state index contributed by atoms with van der Waals surface area (Å²) in [6.07, 6.45) is 11.8. The first-order chi connectivity index (χ1) is 14.3. The van der Waals surface area contributed by atoms with Gasteiger partial charge in [0, 0.05) is 28.2 Å². The average molecular weight is 379 g/mol. The molecule has 0 aromatic carbocycles. The molecule has 0 radical (unpaired) electrons. The smallest absolute Gasteiger partial charge is 0.181 e. The minimum atomic E-state index is 0.670. The number of aromatic amines is 1. The summed E-state index contributed by atoms with van der Waals surface area (Å²) in [7, 11) is 0. The molecule has 0 atom stereocenters. The predicted molar refractivity (Wildman–Crippen MR) is 110 cm³/mol. The van der Waals surface area contributed by atoms with Crippen LogP contribution in [-0.4, -0.2) is 25.1 Å². The molecule has 0 bridgehead atoms. The summed E-state index contributed by atoms with van der Waals surface area (Å²) < 4.78 is 5.56. The molecule has 0 saturated heterocycles. The lowest BCUT2D eigenvalue weighted by Crippen LogP contribution is -2.30. The van der Waals surface area contributed by atoms with Crippen molar-refractivity contribution in [2.24, 2.45) is 0 Å². The summed E-state index contributed by atoms with van der Waals surface area (Å²) in [5.74, 6) is 0.670. The van der Waals surface area contributed by atoms with Gasteiger partial charge in [-0.2, -0.15) is 5.10 Å². The third-order valence-corrected chi connectivity index (χ3v) is 4.69. The van der Waals surface area contributed by atoms with Gasteiger partial charge in [-0.3, -0.25) is 10.1 Å². The summed E-state index contributed by atoms with van der Waals surface area (Å²) in [6, 6.07) is 9.89. The van der Waals surface area contributed by atoms with E-state index in [1.54, 1.807) is 6.20 Å². The van der Waals surface area contributed by atoms with Crippen LogP contribution in [0.1, 0.15) is 17.9 Å². The number of hydrogen-bond donors (Lipinski definition) is 1. The number of oxazole rings is 1. The zero-order valence-corrected chi connectivity index (χ0v) is 15.8. The Morgan fingerprint density at radius 2 is 2.07 bits per heavy atom. The van der Waals surface area contributed by atoms with Crippen molar-refractivity contribution in [1.29, 1.82) is 0 Å². The van der Waals surface area contributed by atoms with E-state index in [9.17, 15) is 0 Å². The molecular weight excluding hydrogens is 362 g/mol. The normalized spacial score (nSPS) is 15.9. The lowest BCUT2D eigenvalue weighted by atomic mass is 10.1. The van der Waals surface area contributed by atoms with Crippen molar-refractivity contribution in [2.75, 3.05) is 0 Å². The number of rotatable bonds is 3. The Morgan fingerprint density at radius 1 is 1.10 bits per heavy atom. The summed E-state index contributed by atoms with van der Waals surface area (Å²) >= 11 is 0. The van der Waals surface area contributed by atoms with Crippen LogP contribution in [0.4, 0.5) is 0 Å². The second-order valence-corrected chi connectivity index (χ2v) is 6.67. The Kier molecular flexibility index (Phi) is 4.24. The van der Waals surface area contributed by atoms with E-state index < -0.39 is 0 Å². The number of allylic oxidation sites excluding steroid dienone is 3. The van der Waals surface area contributed by atoms with Gasteiger partial charge in [0.1, 0.15) is 5.69 Å². The highest BCUT2D eigenvalue weighted by molar-refractivity contribution is 5.77. The van der Waals surface area contributed by atoms with Crippen LogP contribution in [0.3, 0.4) is 0 Å². The Labute approximate surface area is 166 Å². The molecule has 0 fully saturated rings. The van der Waals surface area contributed by atoms with Crippen molar-refractivity contribution in [1.82, 2.24) is 25.1 Å². The van der Waals surface area contributed by atoms with Crippen LogP contribution in [0.5, 0.6) is 0 Å². The van der Waals surface area contributed by atoms with Gasteiger partial charge in [-0.25, -0.2) is 9.97 Å². The molecule has 140 valence electrons. The van der Waals surface area contributed by atoms with Gasteiger partial charge >= 0.3 is 0 Å². The minimum Gasteiger partial charge on any atom is -0.443 e. The third-order valence-electron chi connectivity index (χ3n) is 4.69. The van der Waals surface area contributed by atoms with Crippen molar-refractivity contribution in [3.8, 4) is 22.6 Å². The highest BCUT2D eigenvalue weighted by Crippen LogP contribution is 2.27. The number of H-pyrrole nitrogens is 1. The van der Waals surface area contributed by atoms with E-state index >= 15 is 0 Å². The van der Waals surface area contributed by atoms with Crippen LogP contribution in [0.15, 0.2) is 71.8 Å². The average Bonchev–Trinajstić information content (AvgIpc) is 3.41. The lowest BCUT2D eigenvalue weighted by molar-refractivity contribution is 0.545. The molecule has 1 N–H and O–H groups in total. The molecule has 5 rings (SSSR count). The van der Waals surface area contributed by atoms with Gasteiger partial charge in [0.25, 0.3) is 0 Å². The van der Waals surface area contributed by atoms with E-state index in [-0.39, 0.29) is 0 Å². The molecule has 6 nitrogen and oxygen atoms in total. The molecule has 0 spiro atoms. The Morgan fingerprint density at radius 3 is 2.93 bits per heavy atom.